The zero-order valence-corrected chi connectivity index (χ0v) is 13.4. The maximum absolute atomic E-state index is 10.5. The second-order valence-corrected chi connectivity index (χ2v) is 6.51. The van der Waals surface area contributed by atoms with Crippen molar-refractivity contribution >= 4 is 0 Å². The summed E-state index contributed by atoms with van der Waals surface area (Å²) in [6.07, 6.45) is 5.65. The molecule has 1 aromatic carbocycles. The molecule has 1 N–H and O–H groups in total. The van der Waals surface area contributed by atoms with Crippen molar-refractivity contribution < 1.29 is 5.11 Å². The van der Waals surface area contributed by atoms with E-state index in [9.17, 15) is 5.11 Å². The fraction of sp³-hybridized carbons (Fsp3) is 0.500. The largest absolute Gasteiger partial charge is 0.391 e. The molecular weight excluding hydrogens is 274 g/mol. The third kappa shape index (κ3) is 3.57. The molecular formula is C18H25N3O. The van der Waals surface area contributed by atoms with Crippen molar-refractivity contribution in [3.63, 3.8) is 0 Å². The average molecular weight is 299 g/mol. The van der Waals surface area contributed by atoms with Gasteiger partial charge in [0.1, 0.15) is 0 Å². The number of β-amino-alcohol motifs (C(OH)–C–C–N with tert-alkyl or cyclic N) is 1. The summed E-state index contributed by atoms with van der Waals surface area (Å²) >= 11 is 0. The molecule has 1 fully saturated rings. The van der Waals surface area contributed by atoms with E-state index in [0.29, 0.717) is 5.92 Å². The van der Waals surface area contributed by atoms with E-state index in [4.69, 9.17) is 0 Å². The van der Waals surface area contributed by atoms with Gasteiger partial charge in [-0.25, -0.2) is 4.98 Å². The van der Waals surface area contributed by atoms with E-state index in [1.807, 2.05) is 24.1 Å². The summed E-state index contributed by atoms with van der Waals surface area (Å²) in [5.41, 5.74) is 3.77. The highest BCUT2D eigenvalue weighted by atomic mass is 16.3. The summed E-state index contributed by atoms with van der Waals surface area (Å²) in [6, 6.07) is 8.50. The highest BCUT2D eigenvalue weighted by Gasteiger charge is 2.28. The summed E-state index contributed by atoms with van der Waals surface area (Å²) in [7, 11) is 1.99. The Kier molecular flexibility index (Phi) is 4.60. The quantitative estimate of drug-likeness (QED) is 0.940. The Bertz CT molecular complexity index is 622. The highest BCUT2D eigenvalue weighted by Crippen LogP contribution is 2.24. The van der Waals surface area contributed by atoms with Crippen LogP contribution in [0.15, 0.2) is 36.8 Å². The van der Waals surface area contributed by atoms with Gasteiger partial charge in [0.2, 0.25) is 0 Å². The maximum atomic E-state index is 10.5. The second kappa shape index (κ2) is 6.63. The molecule has 3 rings (SSSR count). The van der Waals surface area contributed by atoms with Gasteiger partial charge in [0.25, 0.3) is 0 Å². The van der Waals surface area contributed by atoms with Crippen molar-refractivity contribution in [2.75, 3.05) is 13.1 Å². The van der Waals surface area contributed by atoms with Gasteiger partial charge >= 0.3 is 0 Å². The third-order valence-corrected chi connectivity index (χ3v) is 4.69. The molecule has 0 radical (unpaired) electrons. The number of benzene rings is 1. The van der Waals surface area contributed by atoms with Crippen molar-refractivity contribution in [3.05, 3.63) is 53.6 Å². The number of likely N-dealkylation sites (tertiary alicyclic amines) is 1. The number of aromatic nitrogens is 2. The van der Waals surface area contributed by atoms with E-state index in [2.05, 4.69) is 41.1 Å². The van der Waals surface area contributed by atoms with Gasteiger partial charge in [-0.2, -0.15) is 0 Å². The first-order valence-corrected chi connectivity index (χ1v) is 8.03. The van der Waals surface area contributed by atoms with Crippen LogP contribution in [0.1, 0.15) is 23.2 Å². The number of rotatable bonds is 4. The minimum absolute atomic E-state index is 0.253. The molecule has 0 amide bonds. The van der Waals surface area contributed by atoms with Gasteiger partial charge in [-0.15, -0.1) is 0 Å². The molecule has 0 unspecified atom stereocenters. The molecule has 2 heterocycles. The van der Waals surface area contributed by atoms with Crippen molar-refractivity contribution in [1.82, 2.24) is 14.5 Å². The van der Waals surface area contributed by atoms with Crippen LogP contribution < -0.4 is 0 Å². The first-order chi connectivity index (χ1) is 10.6. The summed E-state index contributed by atoms with van der Waals surface area (Å²) in [5.74, 6) is 0.362. The Morgan fingerprint density at radius 3 is 2.82 bits per heavy atom. The number of piperidine rings is 1. The molecule has 2 aromatic rings. The van der Waals surface area contributed by atoms with E-state index >= 15 is 0 Å². The molecule has 0 aliphatic carbocycles. The molecule has 0 bridgehead atoms. The summed E-state index contributed by atoms with van der Waals surface area (Å²) < 4.78 is 1.97. The van der Waals surface area contributed by atoms with Gasteiger partial charge in [0.15, 0.2) is 0 Å². The van der Waals surface area contributed by atoms with Crippen molar-refractivity contribution in [1.29, 1.82) is 0 Å². The number of hydrogen-bond donors (Lipinski definition) is 1. The number of aliphatic hydroxyl groups excluding tert-OH is 1. The number of imidazole rings is 1. The van der Waals surface area contributed by atoms with Crippen LogP contribution >= 0.6 is 0 Å². The Hall–Kier alpha value is -1.65. The summed E-state index contributed by atoms with van der Waals surface area (Å²) in [6.45, 7) is 4.75. The predicted octanol–water partition coefficient (Wildman–Crippen LogP) is 2.15. The van der Waals surface area contributed by atoms with E-state index < -0.39 is 0 Å². The Balaban J connectivity index is 1.57. The molecule has 4 heteroatoms. The van der Waals surface area contributed by atoms with Gasteiger partial charge in [-0.05, 0) is 43.4 Å². The van der Waals surface area contributed by atoms with Gasteiger partial charge < -0.3 is 9.67 Å². The van der Waals surface area contributed by atoms with Crippen molar-refractivity contribution in [3.8, 4) is 0 Å². The van der Waals surface area contributed by atoms with Crippen LogP contribution in [0.2, 0.25) is 0 Å². The normalized spacial score (nSPS) is 22.9. The topological polar surface area (TPSA) is 41.3 Å². The average Bonchev–Trinajstić information content (AvgIpc) is 2.89. The smallest absolute Gasteiger partial charge is 0.0947 e. The van der Waals surface area contributed by atoms with Crippen LogP contribution in [0.25, 0.3) is 0 Å². The molecule has 1 aromatic heterocycles. The molecule has 1 aliphatic heterocycles. The number of hydrogen-bond acceptors (Lipinski definition) is 3. The van der Waals surface area contributed by atoms with Crippen LogP contribution in [0.5, 0.6) is 0 Å². The van der Waals surface area contributed by atoms with Crippen LogP contribution in [0, 0.1) is 12.8 Å². The lowest BCUT2D eigenvalue weighted by molar-refractivity contribution is 0.0183. The molecule has 0 spiro atoms. The fourth-order valence-corrected chi connectivity index (χ4v) is 3.33. The van der Waals surface area contributed by atoms with E-state index in [1.54, 1.807) is 0 Å². The molecule has 0 saturated carbocycles. The first kappa shape index (κ1) is 15.3. The number of nitrogens with zero attached hydrogens (tertiary/aromatic N) is 3. The number of aliphatic hydroxyl groups is 1. The van der Waals surface area contributed by atoms with Crippen molar-refractivity contribution in [2.24, 2.45) is 13.0 Å². The molecule has 4 nitrogen and oxygen atoms in total. The molecule has 1 aliphatic rings. The Morgan fingerprint density at radius 2 is 2.14 bits per heavy atom. The van der Waals surface area contributed by atoms with Crippen LogP contribution in [0.3, 0.4) is 0 Å². The molecule has 1 saturated heterocycles. The Morgan fingerprint density at radius 1 is 1.32 bits per heavy atom. The van der Waals surface area contributed by atoms with Crippen LogP contribution in [-0.2, 0) is 20.0 Å². The maximum Gasteiger partial charge on any atom is 0.0947 e. The van der Waals surface area contributed by atoms with E-state index in [1.165, 1.54) is 11.1 Å². The lowest BCUT2D eigenvalue weighted by Crippen LogP contribution is -2.44. The van der Waals surface area contributed by atoms with Crippen LogP contribution in [0.4, 0.5) is 0 Å². The van der Waals surface area contributed by atoms with Crippen molar-refractivity contribution in [2.45, 2.75) is 32.4 Å². The SMILES string of the molecule is Cc1ccccc1C[C@H]1CCN(Cc2cn(C)cn2)C[C@H]1O. The minimum Gasteiger partial charge on any atom is -0.391 e. The van der Waals surface area contributed by atoms with Gasteiger partial charge in [-0.3, -0.25) is 4.90 Å². The summed E-state index contributed by atoms with van der Waals surface area (Å²) in [5, 5.41) is 10.5. The molecule has 2 atom stereocenters. The van der Waals surface area contributed by atoms with Gasteiger partial charge in [-0.1, -0.05) is 24.3 Å². The van der Waals surface area contributed by atoms with Gasteiger partial charge in [0.05, 0.1) is 18.1 Å². The summed E-state index contributed by atoms with van der Waals surface area (Å²) in [4.78, 5) is 6.68. The second-order valence-electron chi connectivity index (χ2n) is 6.51. The lowest BCUT2D eigenvalue weighted by atomic mass is 9.86. The van der Waals surface area contributed by atoms with E-state index in [-0.39, 0.29) is 6.10 Å². The standard InChI is InChI=1S/C18H25N3O/c1-14-5-3-4-6-15(14)9-16-7-8-21(12-18(16)22)11-17-10-20(2)13-19-17/h3-6,10,13,16,18,22H,7-9,11-12H2,1-2H3/t16-,18-/m1/s1. The monoisotopic (exact) mass is 299 g/mol. The number of aryl methyl sites for hydroxylation is 2. The fourth-order valence-electron chi connectivity index (χ4n) is 3.33. The zero-order chi connectivity index (χ0) is 15.5. The highest BCUT2D eigenvalue weighted by molar-refractivity contribution is 5.26. The zero-order valence-electron chi connectivity index (χ0n) is 13.4. The molecule has 118 valence electrons. The van der Waals surface area contributed by atoms with Crippen LogP contribution in [-0.4, -0.2) is 38.8 Å². The lowest BCUT2D eigenvalue weighted by Gasteiger charge is -2.35. The molecule has 22 heavy (non-hydrogen) atoms. The minimum atomic E-state index is -0.253. The van der Waals surface area contributed by atoms with E-state index in [0.717, 1.165) is 38.2 Å². The van der Waals surface area contributed by atoms with Gasteiger partial charge in [0, 0.05) is 26.3 Å². The Labute approximate surface area is 132 Å². The predicted molar refractivity (Wildman–Crippen MR) is 87.5 cm³/mol. The first-order valence-electron chi connectivity index (χ1n) is 8.03. The third-order valence-electron chi connectivity index (χ3n) is 4.69.